The van der Waals surface area contributed by atoms with Crippen LogP contribution >= 0.6 is 0 Å². The fourth-order valence-electron chi connectivity index (χ4n) is 2.58. The fraction of sp³-hybridized carbons (Fsp3) is 0.846. The lowest BCUT2D eigenvalue weighted by Crippen LogP contribution is -2.33. The maximum Gasteiger partial charge on any atom is 0.00955 e. The van der Waals surface area contributed by atoms with Gasteiger partial charge in [0.05, 0.1) is 0 Å². The van der Waals surface area contributed by atoms with Gasteiger partial charge in [-0.1, -0.05) is 25.8 Å². The molecule has 1 saturated carbocycles. The second-order valence-electron chi connectivity index (χ2n) is 4.87. The Morgan fingerprint density at radius 3 is 2.64 bits per heavy atom. The highest BCUT2D eigenvalue weighted by molar-refractivity contribution is 4.91. The maximum atomic E-state index is 3.93. The molecule has 1 aliphatic rings. The van der Waals surface area contributed by atoms with E-state index in [0.29, 0.717) is 0 Å². The van der Waals surface area contributed by atoms with Crippen molar-refractivity contribution >= 4 is 0 Å². The van der Waals surface area contributed by atoms with Gasteiger partial charge in [-0.25, -0.2) is 0 Å². The molecule has 0 saturated heterocycles. The zero-order chi connectivity index (χ0) is 10.6. The molecule has 3 unspecified atom stereocenters. The van der Waals surface area contributed by atoms with Gasteiger partial charge >= 0.3 is 0 Å². The Morgan fingerprint density at radius 2 is 2.14 bits per heavy atom. The largest absolute Gasteiger partial charge is 0.313 e. The Balaban J connectivity index is 2.22. The Labute approximate surface area is 89.0 Å². The Morgan fingerprint density at radius 1 is 1.43 bits per heavy atom. The summed E-state index contributed by atoms with van der Waals surface area (Å²) in [5.41, 5.74) is 1.29. The summed E-state index contributed by atoms with van der Waals surface area (Å²) in [6, 6.07) is 0.763. The molecule has 0 amide bonds. The van der Waals surface area contributed by atoms with E-state index in [0.717, 1.165) is 30.8 Å². The van der Waals surface area contributed by atoms with E-state index < -0.39 is 0 Å². The van der Waals surface area contributed by atoms with Gasteiger partial charge in [-0.3, -0.25) is 0 Å². The van der Waals surface area contributed by atoms with Gasteiger partial charge in [0.1, 0.15) is 0 Å². The Hall–Kier alpha value is -0.300. The third-order valence-electron chi connectivity index (χ3n) is 3.71. The number of rotatable bonds is 5. The van der Waals surface area contributed by atoms with Gasteiger partial charge in [0, 0.05) is 6.04 Å². The lowest BCUT2D eigenvalue weighted by atomic mass is 9.93. The molecule has 1 aliphatic carbocycles. The summed E-state index contributed by atoms with van der Waals surface area (Å²) < 4.78 is 0. The second-order valence-corrected chi connectivity index (χ2v) is 4.87. The summed E-state index contributed by atoms with van der Waals surface area (Å²) >= 11 is 0. The quantitative estimate of drug-likeness (QED) is 0.663. The molecule has 1 N–H and O–H groups in total. The third-order valence-corrected chi connectivity index (χ3v) is 3.71. The minimum Gasteiger partial charge on any atom is -0.313 e. The van der Waals surface area contributed by atoms with Gasteiger partial charge in [-0.15, -0.1) is 6.58 Å². The highest BCUT2D eigenvalue weighted by atomic mass is 14.9. The molecule has 0 aromatic carbocycles. The zero-order valence-electron chi connectivity index (χ0n) is 9.97. The molecule has 1 heteroatoms. The van der Waals surface area contributed by atoms with Gasteiger partial charge in [0.15, 0.2) is 0 Å². The monoisotopic (exact) mass is 195 g/mol. The van der Waals surface area contributed by atoms with Crippen molar-refractivity contribution in [3.05, 3.63) is 12.2 Å². The Bertz CT molecular complexity index is 186. The van der Waals surface area contributed by atoms with Gasteiger partial charge in [0.2, 0.25) is 0 Å². The normalized spacial score (nSPS) is 32.1. The average Bonchev–Trinajstić information content (AvgIpc) is 2.47. The van der Waals surface area contributed by atoms with E-state index in [1.165, 1.54) is 24.8 Å². The maximum absolute atomic E-state index is 3.93. The molecule has 0 bridgehead atoms. The van der Waals surface area contributed by atoms with E-state index in [2.05, 4.69) is 32.7 Å². The van der Waals surface area contributed by atoms with Crippen molar-refractivity contribution in [1.29, 1.82) is 0 Å². The highest BCUT2D eigenvalue weighted by Gasteiger charge is 2.30. The van der Waals surface area contributed by atoms with Crippen LogP contribution in [0, 0.1) is 11.8 Å². The molecule has 1 fully saturated rings. The van der Waals surface area contributed by atoms with E-state index in [-0.39, 0.29) is 0 Å². The van der Waals surface area contributed by atoms with Gasteiger partial charge in [-0.05, 0) is 44.6 Å². The molecule has 0 aliphatic heterocycles. The van der Waals surface area contributed by atoms with Crippen molar-refractivity contribution < 1.29 is 0 Å². The highest BCUT2D eigenvalue weighted by Crippen LogP contribution is 2.33. The van der Waals surface area contributed by atoms with Crippen molar-refractivity contribution in [2.24, 2.45) is 11.8 Å². The topological polar surface area (TPSA) is 12.0 Å². The predicted molar refractivity (Wildman–Crippen MR) is 63.4 cm³/mol. The first-order valence-electron chi connectivity index (χ1n) is 6.03. The minimum absolute atomic E-state index is 0.763. The molecule has 0 aromatic heterocycles. The van der Waals surface area contributed by atoms with E-state index in [1.54, 1.807) is 0 Å². The van der Waals surface area contributed by atoms with Crippen molar-refractivity contribution in [3.63, 3.8) is 0 Å². The van der Waals surface area contributed by atoms with E-state index >= 15 is 0 Å². The van der Waals surface area contributed by atoms with Gasteiger partial charge in [-0.2, -0.15) is 0 Å². The summed E-state index contributed by atoms with van der Waals surface area (Å²) in [6.45, 7) is 11.9. The molecule has 1 nitrogen and oxygen atoms in total. The number of hydrogen-bond donors (Lipinski definition) is 1. The summed E-state index contributed by atoms with van der Waals surface area (Å²) in [5.74, 6) is 1.82. The van der Waals surface area contributed by atoms with Crippen LogP contribution in [0.5, 0.6) is 0 Å². The number of nitrogens with one attached hydrogen (secondary N) is 1. The van der Waals surface area contributed by atoms with Crippen molar-refractivity contribution in [2.75, 3.05) is 6.54 Å². The van der Waals surface area contributed by atoms with E-state index in [4.69, 9.17) is 0 Å². The Kier molecular flexibility index (Phi) is 4.67. The van der Waals surface area contributed by atoms with Gasteiger partial charge < -0.3 is 5.32 Å². The first-order valence-corrected chi connectivity index (χ1v) is 6.03. The minimum atomic E-state index is 0.763. The second kappa shape index (κ2) is 5.55. The van der Waals surface area contributed by atoms with Crippen molar-refractivity contribution in [2.45, 2.75) is 52.5 Å². The van der Waals surface area contributed by atoms with Gasteiger partial charge in [0.25, 0.3) is 0 Å². The third kappa shape index (κ3) is 3.13. The molecule has 0 spiro atoms. The summed E-state index contributed by atoms with van der Waals surface area (Å²) in [7, 11) is 0. The summed E-state index contributed by atoms with van der Waals surface area (Å²) in [6.07, 6.45) is 5.26. The molecule has 3 atom stereocenters. The van der Waals surface area contributed by atoms with Crippen LogP contribution in [0.15, 0.2) is 12.2 Å². The fourth-order valence-corrected chi connectivity index (χ4v) is 2.58. The zero-order valence-corrected chi connectivity index (χ0v) is 9.97. The van der Waals surface area contributed by atoms with Crippen molar-refractivity contribution in [3.8, 4) is 0 Å². The molecule has 0 heterocycles. The smallest absolute Gasteiger partial charge is 0.00955 e. The molecule has 0 aromatic rings. The van der Waals surface area contributed by atoms with Crippen LogP contribution in [0.25, 0.3) is 0 Å². The van der Waals surface area contributed by atoms with Crippen LogP contribution < -0.4 is 5.32 Å². The lowest BCUT2D eigenvalue weighted by Gasteiger charge is -2.21. The van der Waals surface area contributed by atoms with Crippen LogP contribution in [-0.4, -0.2) is 12.6 Å². The van der Waals surface area contributed by atoms with E-state index in [1.807, 2.05) is 0 Å². The molecule has 14 heavy (non-hydrogen) atoms. The van der Waals surface area contributed by atoms with Crippen LogP contribution in [0.2, 0.25) is 0 Å². The van der Waals surface area contributed by atoms with Crippen LogP contribution in [0.4, 0.5) is 0 Å². The average molecular weight is 195 g/mol. The molecule has 1 rings (SSSR count). The molecule has 0 radical (unpaired) electrons. The standard InChI is InChI=1S/C13H25N/c1-5-12-6-7-13(11(12)4)14-9-8-10(2)3/h11-14H,2,5-9H2,1,3-4H3. The first-order chi connectivity index (χ1) is 6.65. The van der Waals surface area contributed by atoms with Crippen LogP contribution in [0.3, 0.4) is 0 Å². The number of hydrogen-bond acceptors (Lipinski definition) is 1. The lowest BCUT2D eigenvalue weighted by molar-refractivity contribution is 0.346. The first kappa shape index (κ1) is 11.8. The van der Waals surface area contributed by atoms with E-state index in [9.17, 15) is 0 Å². The molecular formula is C13H25N. The van der Waals surface area contributed by atoms with Crippen LogP contribution in [-0.2, 0) is 0 Å². The predicted octanol–water partition coefficient (Wildman–Crippen LogP) is 3.37. The summed E-state index contributed by atoms with van der Waals surface area (Å²) in [4.78, 5) is 0. The molecule has 82 valence electrons. The van der Waals surface area contributed by atoms with Crippen molar-refractivity contribution in [1.82, 2.24) is 5.32 Å². The molecular weight excluding hydrogens is 170 g/mol. The summed E-state index contributed by atoms with van der Waals surface area (Å²) in [5, 5.41) is 3.67. The van der Waals surface area contributed by atoms with Crippen LogP contribution in [0.1, 0.15) is 46.5 Å². The SMILES string of the molecule is C=C(C)CCNC1CCC(CC)C1C.